The third-order valence-corrected chi connectivity index (χ3v) is 2.73. The van der Waals surface area contributed by atoms with Gasteiger partial charge in [-0.15, -0.1) is 0 Å². The van der Waals surface area contributed by atoms with E-state index in [0.29, 0.717) is 13.2 Å². The maximum atomic E-state index is 9.24. The second kappa shape index (κ2) is 3.14. The van der Waals surface area contributed by atoms with Crippen LogP contribution in [0.4, 0.5) is 0 Å². The second-order valence-corrected chi connectivity index (χ2v) is 3.64. The van der Waals surface area contributed by atoms with E-state index >= 15 is 0 Å². The number of aliphatic hydroxyl groups excluding tert-OH is 1. The van der Waals surface area contributed by atoms with Gasteiger partial charge >= 0.3 is 0 Å². The molecule has 1 fully saturated rings. The molecule has 0 radical (unpaired) electrons. The summed E-state index contributed by atoms with van der Waals surface area (Å²) in [5.41, 5.74) is 6.79. The molecule has 2 rings (SSSR count). The molecule has 0 saturated carbocycles. The van der Waals surface area contributed by atoms with Crippen LogP contribution in [0.15, 0.2) is 18.5 Å². The van der Waals surface area contributed by atoms with E-state index < -0.39 is 0 Å². The van der Waals surface area contributed by atoms with Crippen LogP contribution in [-0.2, 0) is 4.74 Å². The lowest BCUT2D eigenvalue weighted by atomic mass is 9.77. The largest absolute Gasteiger partial charge is 0.396 e. The Morgan fingerprint density at radius 1 is 1.69 bits per heavy atom. The predicted molar refractivity (Wildman–Crippen MR) is 48.1 cm³/mol. The molecule has 0 amide bonds. The molecule has 1 saturated heterocycles. The van der Waals surface area contributed by atoms with Crippen molar-refractivity contribution in [2.45, 2.75) is 6.04 Å². The minimum absolute atomic E-state index is 0.0827. The summed E-state index contributed by atoms with van der Waals surface area (Å²) in [6.07, 6.45) is 3.69. The maximum Gasteiger partial charge on any atom is 0.0594 e. The van der Waals surface area contributed by atoms with E-state index in [1.54, 1.807) is 0 Å². The van der Waals surface area contributed by atoms with Crippen molar-refractivity contribution in [2.75, 3.05) is 19.8 Å². The molecule has 13 heavy (non-hydrogen) atoms. The normalized spacial score (nSPS) is 22.3. The van der Waals surface area contributed by atoms with Crippen LogP contribution >= 0.6 is 0 Å². The number of ether oxygens (including phenoxy) is 1. The average Bonchev–Trinajstić information content (AvgIpc) is 2.54. The van der Waals surface area contributed by atoms with Gasteiger partial charge in [0.1, 0.15) is 0 Å². The predicted octanol–water partition coefficient (Wildman–Crippen LogP) is 0.0234. The molecular weight excluding hydrogens is 168 g/mol. The van der Waals surface area contributed by atoms with E-state index in [1.165, 1.54) is 0 Å². The smallest absolute Gasteiger partial charge is 0.0594 e. The molecule has 0 aliphatic carbocycles. The number of hydrogen-bond donors (Lipinski definition) is 3. The topological polar surface area (TPSA) is 71.3 Å². The molecule has 1 aliphatic heterocycles. The number of rotatable bonds is 3. The summed E-state index contributed by atoms with van der Waals surface area (Å²) in [7, 11) is 0. The third-order valence-electron chi connectivity index (χ3n) is 2.73. The Morgan fingerprint density at radius 3 is 2.85 bits per heavy atom. The van der Waals surface area contributed by atoms with Gasteiger partial charge in [0.15, 0.2) is 0 Å². The number of aromatic amines is 1. The number of nitrogens with two attached hydrogens (primary N) is 1. The average molecular weight is 182 g/mol. The first-order valence-electron chi connectivity index (χ1n) is 4.35. The Kier molecular flexibility index (Phi) is 2.11. The van der Waals surface area contributed by atoms with Crippen molar-refractivity contribution < 1.29 is 9.84 Å². The van der Waals surface area contributed by atoms with Crippen LogP contribution in [0.25, 0.3) is 0 Å². The molecule has 0 bridgehead atoms. The molecule has 72 valence electrons. The second-order valence-electron chi connectivity index (χ2n) is 3.64. The van der Waals surface area contributed by atoms with Crippen molar-refractivity contribution in [1.82, 2.24) is 4.98 Å². The first-order valence-corrected chi connectivity index (χ1v) is 4.35. The molecule has 2 heterocycles. The highest BCUT2D eigenvalue weighted by Crippen LogP contribution is 2.38. The Balaban J connectivity index is 2.16. The quantitative estimate of drug-likeness (QED) is 0.617. The van der Waals surface area contributed by atoms with Crippen molar-refractivity contribution >= 4 is 0 Å². The Morgan fingerprint density at radius 2 is 2.46 bits per heavy atom. The number of aromatic nitrogens is 1. The van der Waals surface area contributed by atoms with Gasteiger partial charge in [-0.05, 0) is 11.6 Å². The molecule has 0 aromatic carbocycles. The van der Waals surface area contributed by atoms with Crippen molar-refractivity contribution in [2.24, 2.45) is 11.1 Å². The molecule has 1 aliphatic rings. The summed E-state index contributed by atoms with van der Waals surface area (Å²) in [6.45, 7) is 1.19. The molecule has 1 aromatic rings. The first kappa shape index (κ1) is 8.74. The standard InChI is InChI=1S/C9H14N2O2/c10-8(7-1-2-11-3-7)9(4-12)5-13-6-9/h1-3,8,11-12H,4-6,10H2. The zero-order valence-electron chi connectivity index (χ0n) is 7.36. The number of aliphatic hydroxyl groups is 1. The summed E-state index contributed by atoms with van der Waals surface area (Å²) < 4.78 is 5.10. The van der Waals surface area contributed by atoms with Gasteiger partial charge in [0.05, 0.1) is 25.2 Å². The lowest BCUT2D eigenvalue weighted by Crippen LogP contribution is -2.52. The van der Waals surface area contributed by atoms with Gasteiger partial charge in [0, 0.05) is 18.4 Å². The summed E-state index contributed by atoms with van der Waals surface area (Å²) in [4.78, 5) is 2.95. The van der Waals surface area contributed by atoms with Gasteiger partial charge in [0.2, 0.25) is 0 Å². The van der Waals surface area contributed by atoms with Gasteiger partial charge in [-0.25, -0.2) is 0 Å². The first-order chi connectivity index (χ1) is 6.28. The lowest BCUT2D eigenvalue weighted by Gasteiger charge is -2.44. The molecule has 1 aromatic heterocycles. The van der Waals surface area contributed by atoms with Crippen LogP contribution in [0.2, 0.25) is 0 Å². The molecular formula is C9H14N2O2. The van der Waals surface area contributed by atoms with Crippen LogP contribution in [-0.4, -0.2) is 29.9 Å². The maximum absolute atomic E-state index is 9.24. The fraction of sp³-hybridized carbons (Fsp3) is 0.556. The SMILES string of the molecule is NC(c1cc[nH]c1)C1(CO)COC1. The summed E-state index contributed by atoms with van der Waals surface area (Å²) in [5.74, 6) is 0. The fourth-order valence-electron chi connectivity index (χ4n) is 1.62. The lowest BCUT2D eigenvalue weighted by molar-refractivity contribution is -0.150. The van der Waals surface area contributed by atoms with E-state index in [9.17, 15) is 5.11 Å². The minimum Gasteiger partial charge on any atom is -0.396 e. The van der Waals surface area contributed by atoms with Gasteiger partial charge < -0.3 is 20.6 Å². The minimum atomic E-state index is -0.262. The molecule has 1 unspecified atom stereocenters. The number of hydrogen-bond acceptors (Lipinski definition) is 3. The van der Waals surface area contributed by atoms with Crippen LogP contribution < -0.4 is 5.73 Å². The molecule has 4 N–H and O–H groups in total. The van der Waals surface area contributed by atoms with Crippen LogP contribution in [0.1, 0.15) is 11.6 Å². The van der Waals surface area contributed by atoms with Crippen molar-refractivity contribution in [3.05, 3.63) is 24.0 Å². The number of nitrogens with one attached hydrogen (secondary N) is 1. The van der Waals surface area contributed by atoms with Gasteiger partial charge in [-0.3, -0.25) is 0 Å². The highest BCUT2D eigenvalue weighted by Gasteiger charge is 2.44. The summed E-state index contributed by atoms with van der Waals surface area (Å²) in [6, 6.07) is 1.79. The molecule has 4 nitrogen and oxygen atoms in total. The van der Waals surface area contributed by atoms with E-state index in [-0.39, 0.29) is 18.1 Å². The number of H-pyrrole nitrogens is 1. The zero-order valence-corrected chi connectivity index (χ0v) is 7.36. The molecule has 1 atom stereocenters. The third kappa shape index (κ3) is 1.27. The van der Waals surface area contributed by atoms with Gasteiger partial charge in [-0.1, -0.05) is 0 Å². The summed E-state index contributed by atoms with van der Waals surface area (Å²) >= 11 is 0. The van der Waals surface area contributed by atoms with E-state index in [1.807, 2.05) is 18.5 Å². The Hall–Kier alpha value is -0.840. The fourth-order valence-corrected chi connectivity index (χ4v) is 1.62. The monoisotopic (exact) mass is 182 g/mol. The molecule has 4 heteroatoms. The highest BCUT2D eigenvalue weighted by atomic mass is 16.5. The van der Waals surface area contributed by atoms with Crippen molar-refractivity contribution in [1.29, 1.82) is 0 Å². The summed E-state index contributed by atoms with van der Waals surface area (Å²) in [5, 5.41) is 9.24. The highest BCUT2D eigenvalue weighted by molar-refractivity contribution is 5.18. The Bertz CT molecular complexity index is 262. The van der Waals surface area contributed by atoms with Crippen molar-refractivity contribution in [3.8, 4) is 0 Å². The van der Waals surface area contributed by atoms with E-state index in [4.69, 9.17) is 10.5 Å². The van der Waals surface area contributed by atoms with Crippen LogP contribution in [0.3, 0.4) is 0 Å². The van der Waals surface area contributed by atoms with Gasteiger partial charge in [-0.2, -0.15) is 0 Å². The van der Waals surface area contributed by atoms with E-state index in [2.05, 4.69) is 4.98 Å². The zero-order chi connectivity index (χ0) is 9.31. The van der Waals surface area contributed by atoms with Gasteiger partial charge in [0.25, 0.3) is 0 Å². The van der Waals surface area contributed by atoms with Crippen LogP contribution in [0, 0.1) is 5.41 Å². The van der Waals surface area contributed by atoms with Crippen molar-refractivity contribution in [3.63, 3.8) is 0 Å². The molecule has 0 spiro atoms. The van der Waals surface area contributed by atoms with E-state index in [0.717, 1.165) is 5.56 Å². The van der Waals surface area contributed by atoms with Crippen LogP contribution in [0.5, 0.6) is 0 Å². The Labute approximate surface area is 76.7 Å².